The van der Waals surface area contributed by atoms with Crippen molar-refractivity contribution in [3.8, 4) is 5.75 Å². The molecule has 1 atom stereocenters. The molecule has 0 radical (unpaired) electrons. The van der Waals surface area contributed by atoms with E-state index in [0.29, 0.717) is 13.2 Å². The summed E-state index contributed by atoms with van der Waals surface area (Å²) in [5.41, 5.74) is 4.53. The Morgan fingerprint density at radius 3 is 2.68 bits per heavy atom. The molecule has 2 rings (SSSR count). The van der Waals surface area contributed by atoms with Crippen molar-refractivity contribution >= 4 is 17.2 Å². The Labute approximate surface area is 154 Å². The van der Waals surface area contributed by atoms with E-state index < -0.39 is 0 Å². The summed E-state index contributed by atoms with van der Waals surface area (Å²) in [6, 6.07) is 4.45. The largest absolute Gasteiger partial charge is 0.486 e. The van der Waals surface area contributed by atoms with Gasteiger partial charge in [0.1, 0.15) is 17.4 Å². The second-order valence-electron chi connectivity index (χ2n) is 6.63. The van der Waals surface area contributed by atoms with Gasteiger partial charge in [-0.25, -0.2) is 4.98 Å². The molecule has 25 heavy (non-hydrogen) atoms. The van der Waals surface area contributed by atoms with E-state index in [9.17, 15) is 4.79 Å². The van der Waals surface area contributed by atoms with E-state index in [-0.39, 0.29) is 11.9 Å². The van der Waals surface area contributed by atoms with Crippen LogP contribution in [0.1, 0.15) is 54.6 Å². The summed E-state index contributed by atoms with van der Waals surface area (Å²) in [6.07, 6.45) is 0.936. The van der Waals surface area contributed by atoms with Crippen LogP contribution >= 0.6 is 11.3 Å². The number of ether oxygens (including phenoxy) is 1. The van der Waals surface area contributed by atoms with Crippen molar-refractivity contribution in [1.82, 2.24) is 9.88 Å². The minimum Gasteiger partial charge on any atom is -0.486 e. The Morgan fingerprint density at radius 2 is 2.04 bits per heavy atom. The van der Waals surface area contributed by atoms with Crippen LogP contribution < -0.4 is 4.74 Å². The first-order valence-corrected chi connectivity index (χ1v) is 9.60. The average Bonchev–Trinajstić information content (AvgIpc) is 3.01. The van der Waals surface area contributed by atoms with Crippen LogP contribution in [-0.4, -0.2) is 21.8 Å². The minimum absolute atomic E-state index is 0.0889. The number of nitrogens with zero attached hydrogens (tertiary/aromatic N) is 2. The van der Waals surface area contributed by atoms with Gasteiger partial charge in [-0.3, -0.25) is 4.79 Å². The number of carbonyl (C=O) groups excluding carboxylic acids is 1. The predicted octanol–water partition coefficient (Wildman–Crippen LogP) is 4.79. The zero-order valence-corrected chi connectivity index (χ0v) is 16.9. The molecule has 136 valence electrons. The van der Waals surface area contributed by atoms with Gasteiger partial charge in [0.25, 0.3) is 0 Å². The maximum absolute atomic E-state index is 11.8. The molecule has 0 saturated carbocycles. The van der Waals surface area contributed by atoms with Crippen molar-refractivity contribution in [3.05, 3.63) is 44.9 Å². The molecular weight excluding hydrogens is 332 g/mol. The van der Waals surface area contributed by atoms with Crippen LogP contribution in [0, 0.1) is 20.8 Å². The highest BCUT2D eigenvalue weighted by Gasteiger charge is 2.17. The van der Waals surface area contributed by atoms with Crippen LogP contribution in [0.25, 0.3) is 0 Å². The normalized spacial score (nSPS) is 12.1. The van der Waals surface area contributed by atoms with Gasteiger partial charge >= 0.3 is 0 Å². The highest BCUT2D eigenvalue weighted by molar-refractivity contribution is 7.09. The van der Waals surface area contributed by atoms with Crippen LogP contribution in [0.4, 0.5) is 0 Å². The summed E-state index contributed by atoms with van der Waals surface area (Å²) in [4.78, 5) is 18.4. The number of hydrogen-bond acceptors (Lipinski definition) is 4. The van der Waals surface area contributed by atoms with Crippen molar-refractivity contribution in [1.29, 1.82) is 0 Å². The minimum atomic E-state index is 0.0889. The van der Waals surface area contributed by atoms with E-state index in [1.807, 2.05) is 10.3 Å². The van der Waals surface area contributed by atoms with Crippen molar-refractivity contribution in [3.63, 3.8) is 0 Å². The first kappa shape index (κ1) is 19.4. The van der Waals surface area contributed by atoms with Gasteiger partial charge in [0.2, 0.25) is 5.91 Å². The molecule has 0 bridgehead atoms. The smallest absolute Gasteiger partial charge is 0.220 e. The van der Waals surface area contributed by atoms with E-state index in [4.69, 9.17) is 4.74 Å². The number of aryl methyl sites for hydroxylation is 2. The Morgan fingerprint density at radius 1 is 1.32 bits per heavy atom. The Hall–Kier alpha value is -1.88. The zero-order valence-electron chi connectivity index (χ0n) is 16.0. The van der Waals surface area contributed by atoms with Gasteiger partial charge in [-0.2, -0.15) is 0 Å². The zero-order chi connectivity index (χ0) is 18.6. The van der Waals surface area contributed by atoms with Crippen molar-refractivity contribution in [2.45, 2.75) is 67.2 Å². The third-order valence-electron chi connectivity index (χ3n) is 4.57. The van der Waals surface area contributed by atoms with Gasteiger partial charge < -0.3 is 9.64 Å². The number of amides is 1. The summed E-state index contributed by atoms with van der Waals surface area (Å²) in [5.74, 6) is 1.00. The van der Waals surface area contributed by atoms with Gasteiger partial charge in [-0.05, 0) is 56.9 Å². The van der Waals surface area contributed by atoms with E-state index in [1.54, 1.807) is 18.3 Å². The molecule has 0 fully saturated rings. The van der Waals surface area contributed by atoms with Gasteiger partial charge in [0, 0.05) is 18.3 Å². The number of aromatic nitrogens is 1. The highest BCUT2D eigenvalue weighted by atomic mass is 32.1. The molecule has 0 spiro atoms. The monoisotopic (exact) mass is 360 g/mol. The summed E-state index contributed by atoms with van der Waals surface area (Å²) < 4.78 is 5.99. The lowest BCUT2D eigenvalue weighted by Crippen LogP contribution is -2.36. The lowest BCUT2D eigenvalue weighted by molar-refractivity contribution is -0.131. The predicted molar refractivity (Wildman–Crippen MR) is 103 cm³/mol. The van der Waals surface area contributed by atoms with Crippen LogP contribution in [0.5, 0.6) is 5.75 Å². The van der Waals surface area contributed by atoms with Gasteiger partial charge in [0.15, 0.2) is 0 Å². The fourth-order valence-corrected chi connectivity index (χ4v) is 3.45. The average molecular weight is 361 g/mol. The molecule has 5 heteroatoms. The Bertz CT molecular complexity index is 739. The van der Waals surface area contributed by atoms with Crippen molar-refractivity contribution in [2.75, 3.05) is 0 Å². The fraction of sp³-hybridized carbons (Fsp3) is 0.500. The summed E-state index contributed by atoms with van der Waals surface area (Å²) in [7, 11) is 0. The summed E-state index contributed by atoms with van der Waals surface area (Å²) in [6.45, 7) is 13.0. The lowest BCUT2D eigenvalue weighted by atomic mass is 10.1. The van der Waals surface area contributed by atoms with Crippen molar-refractivity contribution in [2.24, 2.45) is 0 Å². The van der Waals surface area contributed by atoms with Gasteiger partial charge in [-0.1, -0.05) is 13.0 Å². The second kappa shape index (κ2) is 8.48. The quantitative estimate of drug-likeness (QED) is 0.712. The third kappa shape index (κ3) is 5.05. The molecule has 4 nitrogen and oxygen atoms in total. The molecule has 2 aromatic rings. The van der Waals surface area contributed by atoms with E-state index >= 15 is 0 Å². The van der Waals surface area contributed by atoms with Crippen molar-refractivity contribution < 1.29 is 9.53 Å². The molecule has 1 aromatic carbocycles. The Balaban J connectivity index is 2.03. The third-order valence-corrected chi connectivity index (χ3v) is 5.45. The van der Waals surface area contributed by atoms with Gasteiger partial charge in [-0.15, -0.1) is 11.3 Å². The standard InChI is InChI=1S/C20H28N2O2S/c1-7-15(4)22(17(6)23)10-18-12-25-20(21-18)11-24-19-9-13(2)8-14(3)16(19)5/h8-9,12,15H,7,10-11H2,1-6H3/t15-/m0/s1. The first-order chi connectivity index (χ1) is 11.8. The molecule has 0 N–H and O–H groups in total. The van der Waals surface area contributed by atoms with E-state index in [0.717, 1.165) is 22.9 Å². The van der Waals surface area contributed by atoms with Crippen LogP contribution in [0.3, 0.4) is 0 Å². The van der Waals surface area contributed by atoms with E-state index in [2.05, 4.69) is 51.7 Å². The number of hydrogen-bond donors (Lipinski definition) is 0. The van der Waals surface area contributed by atoms with E-state index in [1.165, 1.54) is 16.7 Å². The molecular formula is C20H28N2O2S. The molecule has 1 amide bonds. The lowest BCUT2D eigenvalue weighted by Gasteiger charge is -2.26. The number of rotatable bonds is 7. The molecule has 0 saturated heterocycles. The number of thiazole rings is 1. The molecule has 1 aromatic heterocycles. The molecule has 0 aliphatic carbocycles. The summed E-state index contributed by atoms with van der Waals surface area (Å²) >= 11 is 1.58. The molecule has 0 aliphatic heterocycles. The fourth-order valence-electron chi connectivity index (χ4n) is 2.75. The van der Waals surface area contributed by atoms with Gasteiger partial charge in [0.05, 0.1) is 12.2 Å². The Kier molecular flexibility index (Phi) is 6.59. The first-order valence-electron chi connectivity index (χ1n) is 8.73. The van der Waals surface area contributed by atoms with Crippen LogP contribution in [0.15, 0.2) is 17.5 Å². The maximum Gasteiger partial charge on any atom is 0.220 e. The van der Waals surface area contributed by atoms with Crippen LogP contribution in [0.2, 0.25) is 0 Å². The maximum atomic E-state index is 11.8. The highest BCUT2D eigenvalue weighted by Crippen LogP contribution is 2.25. The van der Waals surface area contributed by atoms with Crippen LogP contribution in [-0.2, 0) is 17.9 Å². The topological polar surface area (TPSA) is 42.4 Å². The SMILES string of the molecule is CC[C@H](C)N(Cc1csc(COc2cc(C)cc(C)c2C)n1)C(C)=O. The molecule has 1 heterocycles. The second-order valence-corrected chi connectivity index (χ2v) is 7.57. The number of carbonyl (C=O) groups is 1. The molecule has 0 aliphatic rings. The summed E-state index contributed by atoms with van der Waals surface area (Å²) in [5, 5.41) is 2.95. The molecule has 0 unspecified atom stereocenters. The number of benzene rings is 1.